The molecule has 0 saturated carbocycles. The van der Waals surface area contributed by atoms with E-state index in [1.54, 1.807) is 11.0 Å². The maximum absolute atomic E-state index is 13.2. The molecule has 0 aliphatic carbocycles. The van der Waals surface area contributed by atoms with E-state index in [2.05, 4.69) is 13.8 Å². The zero-order valence-corrected chi connectivity index (χ0v) is 14.5. The highest BCUT2D eigenvalue weighted by atomic mass is 35.5. The third-order valence-electron chi connectivity index (χ3n) is 3.41. The predicted molar refractivity (Wildman–Crippen MR) is 91.7 cm³/mol. The lowest BCUT2D eigenvalue weighted by atomic mass is 10.0. The maximum Gasteiger partial charge on any atom is 0.239 e. The van der Waals surface area contributed by atoms with Crippen molar-refractivity contribution in [3.05, 3.63) is 35.6 Å². The van der Waals surface area contributed by atoms with Gasteiger partial charge < -0.3 is 10.6 Å². The molecule has 5 heteroatoms. The van der Waals surface area contributed by atoms with Gasteiger partial charge in [-0.2, -0.15) is 0 Å². The number of nitrogens with two attached hydrogens (primary N) is 1. The fourth-order valence-corrected chi connectivity index (χ4v) is 2.40. The van der Waals surface area contributed by atoms with Crippen molar-refractivity contribution in [2.45, 2.75) is 46.1 Å². The molecule has 0 aliphatic rings. The molecule has 22 heavy (non-hydrogen) atoms. The molecule has 1 aromatic carbocycles. The second-order valence-corrected chi connectivity index (χ2v) is 5.94. The highest BCUT2D eigenvalue weighted by Crippen LogP contribution is 2.09. The molecule has 0 heterocycles. The van der Waals surface area contributed by atoms with Crippen molar-refractivity contribution in [3.63, 3.8) is 0 Å². The molecule has 1 aromatic rings. The number of amides is 1. The molecule has 0 aliphatic heterocycles. The molecule has 0 radical (unpaired) electrons. The summed E-state index contributed by atoms with van der Waals surface area (Å²) in [6.45, 7) is 7.44. The fourth-order valence-electron chi connectivity index (χ4n) is 2.40. The van der Waals surface area contributed by atoms with Gasteiger partial charge in [-0.05, 0) is 42.9 Å². The van der Waals surface area contributed by atoms with Gasteiger partial charge in [0.05, 0.1) is 6.04 Å². The van der Waals surface area contributed by atoms with Gasteiger partial charge in [-0.1, -0.05) is 32.9 Å². The van der Waals surface area contributed by atoms with E-state index in [9.17, 15) is 9.18 Å². The van der Waals surface area contributed by atoms with Gasteiger partial charge in [-0.3, -0.25) is 4.79 Å². The lowest BCUT2D eigenvalue weighted by molar-refractivity contribution is -0.133. The number of hydrogen-bond donors (Lipinski definition) is 1. The van der Waals surface area contributed by atoms with E-state index >= 15 is 0 Å². The second kappa shape index (κ2) is 10.6. The van der Waals surface area contributed by atoms with Crippen molar-refractivity contribution in [3.8, 4) is 0 Å². The van der Waals surface area contributed by atoms with Crippen LogP contribution < -0.4 is 5.73 Å². The minimum Gasteiger partial charge on any atom is -0.341 e. The van der Waals surface area contributed by atoms with E-state index < -0.39 is 6.04 Å². The van der Waals surface area contributed by atoms with E-state index in [1.165, 1.54) is 12.1 Å². The first kappa shape index (κ1) is 20.9. The number of hydrogen-bond acceptors (Lipinski definition) is 2. The van der Waals surface area contributed by atoms with E-state index in [1.807, 2.05) is 13.0 Å². The van der Waals surface area contributed by atoms with Gasteiger partial charge in [0, 0.05) is 13.1 Å². The molecular weight excluding hydrogens is 303 g/mol. The summed E-state index contributed by atoms with van der Waals surface area (Å²) < 4.78 is 13.2. The van der Waals surface area contributed by atoms with Crippen molar-refractivity contribution in [1.29, 1.82) is 0 Å². The normalized spacial score (nSPS) is 11.9. The Bertz CT molecular complexity index is 454. The minimum atomic E-state index is -0.441. The second-order valence-electron chi connectivity index (χ2n) is 5.94. The van der Waals surface area contributed by atoms with Gasteiger partial charge >= 0.3 is 0 Å². The summed E-state index contributed by atoms with van der Waals surface area (Å²) in [6, 6.07) is 6.08. The van der Waals surface area contributed by atoms with Crippen molar-refractivity contribution in [2.75, 3.05) is 13.1 Å². The Kier molecular flexibility index (Phi) is 10.0. The van der Waals surface area contributed by atoms with Gasteiger partial charge in [-0.25, -0.2) is 4.39 Å². The zero-order chi connectivity index (χ0) is 15.8. The molecule has 1 amide bonds. The first-order chi connectivity index (χ1) is 9.93. The zero-order valence-electron chi connectivity index (χ0n) is 13.7. The molecule has 0 unspecified atom stereocenters. The lowest BCUT2D eigenvalue weighted by Gasteiger charge is -2.26. The molecule has 1 atom stereocenters. The Morgan fingerprint density at radius 1 is 1.32 bits per heavy atom. The molecule has 3 nitrogen and oxygen atoms in total. The smallest absolute Gasteiger partial charge is 0.239 e. The van der Waals surface area contributed by atoms with Crippen LogP contribution in [0.25, 0.3) is 0 Å². The molecule has 0 spiro atoms. The van der Waals surface area contributed by atoms with Gasteiger partial charge in [0.1, 0.15) is 5.82 Å². The summed E-state index contributed by atoms with van der Waals surface area (Å²) in [6.07, 6.45) is 2.24. The van der Waals surface area contributed by atoms with Gasteiger partial charge in [0.25, 0.3) is 0 Å². The average Bonchev–Trinajstić information content (AvgIpc) is 2.42. The Labute approximate surface area is 139 Å². The first-order valence-electron chi connectivity index (χ1n) is 7.72. The summed E-state index contributed by atoms with van der Waals surface area (Å²) in [5.74, 6) is 0.162. The third-order valence-corrected chi connectivity index (χ3v) is 3.41. The van der Waals surface area contributed by atoms with Gasteiger partial charge in [0.15, 0.2) is 0 Å². The topological polar surface area (TPSA) is 46.3 Å². The largest absolute Gasteiger partial charge is 0.341 e. The maximum atomic E-state index is 13.2. The van der Waals surface area contributed by atoms with Crippen LogP contribution in [0.5, 0.6) is 0 Å². The third kappa shape index (κ3) is 7.23. The summed E-state index contributed by atoms with van der Waals surface area (Å²) in [4.78, 5) is 14.2. The molecule has 0 saturated heterocycles. The molecule has 0 aromatic heterocycles. The van der Waals surface area contributed by atoms with Crippen LogP contribution in [0.15, 0.2) is 24.3 Å². The van der Waals surface area contributed by atoms with Crippen molar-refractivity contribution in [1.82, 2.24) is 4.90 Å². The molecule has 1 rings (SSSR count). The molecule has 2 N–H and O–H groups in total. The number of carbonyl (C=O) groups is 1. The van der Waals surface area contributed by atoms with Crippen LogP contribution in [0, 0.1) is 11.7 Å². The summed E-state index contributed by atoms with van der Waals surface area (Å²) in [7, 11) is 0. The first-order valence-corrected chi connectivity index (χ1v) is 7.72. The Morgan fingerprint density at radius 3 is 2.55 bits per heavy atom. The number of benzene rings is 1. The van der Waals surface area contributed by atoms with E-state index in [-0.39, 0.29) is 24.1 Å². The van der Waals surface area contributed by atoms with Gasteiger partial charge in [-0.15, -0.1) is 12.4 Å². The minimum absolute atomic E-state index is 0. The van der Waals surface area contributed by atoms with E-state index in [4.69, 9.17) is 5.73 Å². The lowest BCUT2D eigenvalue weighted by Crippen LogP contribution is -2.45. The molecule has 0 bridgehead atoms. The van der Waals surface area contributed by atoms with Crippen molar-refractivity contribution in [2.24, 2.45) is 11.7 Å². The number of nitrogens with zero attached hydrogens (tertiary/aromatic N) is 1. The van der Waals surface area contributed by atoms with Crippen LogP contribution in [0.1, 0.15) is 39.2 Å². The Hall–Kier alpha value is -1.13. The number of halogens is 2. The summed E-state index contributed by atoms with van der Waals surface area (Å²) in [5.41, 5.74) is 6.90. The fraction of sp³-hybridized carbons (Fsp3) is 0.588. The predicted octanol–water partition coefficient (Wildman–Crippen LogP) is 3.40. The quantitative estimate of drug-likeness (QED) is 0.794. The van der Waals surface area contributed by atoms with E-state index in [0.29, 0.717) is 31.8 Å². The highest BCUT2D eigenvalue weighted by molar-refractivity contribution is 5.85. The molecule has 0 fully saturated rings. The van der Waals surface area contributed by atoms with Crippen LogP contribution in [-0.2, 0) is 11.2 Å². The monoisotopic (exact) mass is 330 g/mol. The Balaban J connectivity index is 0.00000441. The van der Waals surface area contributed by atoms with Crippen LogP contribution >= 0.6 is 12.4 Å². The standard InChI is InChI=1S/C17H27FN2O.ClH/c1-4-9-20(17(21)16(19)11-13(2)3)10-8-14-6-5-7-15(18)12-14;/h5-7,12-13,16H,4,8-11,19H2,1-3H3;1H/t16-;/m0./s1. The van der Waals surface area contributed by atoms with Gasteiger partial charge in [0.2, 0.25) is 5.91 Å². The molecule has 126 valence electrons. The van der Waals surface area contributed by atoms with Crippen LogP contribution in [0.2, 0.25) is 0 Å². The van der Waals surface area contributed by atoms with Crippen LogP contribution in [0.3, 0.4) is 0 Å². The van der Waals surface area contributed by atoms with Crippen molar-refractivity contribution < 1.29 is 9.18 Å². The SMILES string of the molecule is CCCN(CCc1cccc(F)c1)C(=O)[C@@H](N)CC(C)C.Cl. The van der Waals surface area contributed by atoms with Crippen molar-refractivity contribution >= 4 is 18.3 Å². The van der Waals surface area contributed by atoms with Crippen LogP contribution in [0.4, 0.5) is 4.39 Å². The van der Waals surface area contributed by atoms with Crippen LogP contribution in [-0.4, -0.2) is 29.9 Å². The molecular formula is C17H28ClFN2O. The average molecular weight is 331 g/mol. The highest BCUT2D eigenvalue weighted by Gasteiger charge is 2.21. The number of carbonyl (C=O) groups excluding carboxylic acids is 1. The van der Waals surface area contributed by atoms with E-state index in [0.717, 1.165) is 12.0 Å². The summed E-state index contributed by atoms with van der Waals surface area (Å²) >= 11 is 0. The number of rotatable bonds is 8. The Morgan fingerprint density at radius 2 is 2.00 bits per heavy atom. The summed E-state index contributed by atoms with van der Waals surface area (Å²) in [5, 5.41) is 0.